The van der Waals surface area contributed by atoms with E-state index in [1.807, 2.05) is 0 Å². The Labute approximate surface area is 186 Å². The second-order valence-electron chi connectivity index (χ2n) is 6.93. The first-order chi connectivity index (χ1) is 15.8. The van der Waals surface area contributed by atoms with Gasteiger partial charge in [0, 0.05) is 24.7 Å². The van der Waals surface area contributed by atoms with Crippen molar-refractivity contribution in [3.63, 3.8) is 0 Å². The molecule has 0 fully saturated rings. The summed E-state index contributed by atoms with van der Waals surface area (Å²) >= 11 is 0. The molecule has 0 spiro atoms. The third kappa shape index (κ3) is 6.00. The van der Waals surface area contributed by atoms with E-state index in [0.29, 0.717) is 11.4 Å². The maximum absolute atomic E-state index is 12.3. The highest BCUT2D eigenvalue weighted by molar-refractivity contribution is 5.96. The number of carboxylic acids is 2. The minimum Gasteiger partial charge on any atom is -0.481 e. The Morgan fingerprint density at radius 3 is 2.48 bits per heavy atom. The monoisotopic (exact) mass is 455 g/mol. The molecule has 6 N–H and O–H groups in total. The number of benzene rings is 1. The maximum Gasteiger partial charge on any atom is 0.326 e. The van der Waals surface area contributed by atoms with Crippen molar-refractivity contribution in [3.8, 4) is 0 Å². The number of amides is 1. The predicted molar refractivity (Wildman–Crippen MR) is 117 cm³/mol. The zero-order valence-electron chi connectivity index (χ0n) is 17.5. The number of carboxylic acid groups (broad SMARTS) is 2. The van der Waals surface area contributed by atoms with E-state index < -0.39 is 29.4 Å². The van der Waals surface area contributed by atoms with Gasteiger partial charge in [0.1, 0.15) is 6.04 Å². The van der Waals surface area contributed by atoms with Gasteiger partial charge >= 0.3 is 11.9 Å². The van der Waals surface area contributed by atoms with Crippen LogP contribution in [0.5, 0.6) is 0 Å². The molecule has 0 saturated heterocycles. The molecule has 2 aromatic heterocycles. The van der Waals surface area contributed by atoms with Crippen molar-refractivity contribution in [1.29, 1.82) is 0 Å². The van der Waals surface area contributed by atoms with E-state index in [1.54, 1.807) is 19.2 Å². The number of nitrogens with zero attached hydrogens (tertiary/aromatic N) is 3. The number of hydrogen-bond donors (Lipinski definition) is 6. The third-order valence-corrected chi connectivity index (χ3v) is 4.58. The Balaban J connectivity index is 1.63. The Morgan fingerprint density at radius 1 is 1.12 bits per heavy atom. The number of aromatic nitrogens is 4. The molecular weight excluding hydrogens is 434 g/mol. The molecule has 172 valence electrons. The summed E-state index contributed by atoms with van der Waals surface area (Å²) in [6, 6.07) is 4.91. The number of carbonyl (C=O) groups is 3. The molecule has 1 amide bonds. The van der Waals surface area contributed by atoms with Crippen molar-refractivity contribution in [2.45, 2.75) is 25.4 Å². The maximum atomic E-state index is 12.3. The molecular formula is C20H21N7O6. The van der Waals surface area contributed by atoms with Crippen molar-refractivity contribution in [2.75, 3.05) is 17.7 Å². The fourth-order valence-electron chi connectivity index (χ4n) is 2.86. The van der Waals surface area contributed by atoms with E-state index in [-0.39, 0.29) is 42.1 Å². The topological polar surface area (TPSA) is 199 Å². The lowest BCUT2D eigenvalue weighted by Crippen LogP contribution is -2.41. The van der Waals surface area contributed by atoms with Crippen LogP contribution in [0.1, 0.15) is 28.9 Å². The second-order valence-corrected chi connectivity index (χ2v) is 6.93. The molecule has 0 aliphatic heterocycles. The highest BCUT2D eigenvalue weighted by Gasteiger charge is 2.21. The molecule has 2 heterocycles. The van der Waals surface area contributed by atoms with E-state index in [4.69, 9.17) is 10.2 Å². The van der Waals surface area contributed by atoms with Crippen LogP contribution in [0.4, 0.5) is 11.6 Å². The Bertz CT molecular complexity index is 1240. The van der Waals surface area contributed by atoms with Gasteiger partial charge in [-0.2, -0.15) is 4.98 Å². The largest absolute Gasteiger partial charge is 0.481 e. The first-order valence-electron chi connectivity index (χ1n) is 9.80. The Hall–Kier alpha value is -4.55. The van der Waals surface area contributed by atoms with Gasteiger partial charge in [0.25, 0.3) is 11.5 Å². The van der Waals surface area contributed by atoms with E-state index in [9.17, 15) is 19.2 Å². The number of nitrogens with one attached hydrogen (secondary N) is 4. The molecule has 13 heteroatoms. The number of anilines is 2. The molecule has 33 heavy (non-hydrogen) atoms. The van der Waals surface area contributed by atoms with Gasteiger partial charge in [-0.1, -0.05) is 0 Å². The van der Waals surface area contributed by atoms with Crippen molar-refractivity contribution < 1.29 is 24.6 Å². The molecule has 1 unspecified atom stereocenters. The van der Waals surface area contributed by atoms with Crippen LogP contribution in [0.15, 0.2) is 35.3 Å². The zero-order chi connectivity index (χ0) is 24.0. The van der Waals surface area contributed by atoms with Crippen molar-refractivity contribution >= 4 is 40.6 Å². The number of aliphatic carboxylic acids is 2. The predicted octanol–water partition coefficient (Wildman–Crippen LogP) is 0.415. The zero-order valence-corrected chi connectivity index (χ0v) is 17.5. The Kier molecular flexibility index (Phi) is 7.13. The van der Waals surface area contributed by atoms with E-state index in [1.165, 1.54) is 18.3 Å². The lowest BCUT2D eigenvalue weighted by atomic mass is 10.1. The second kappa shape index (κ2) is 10.2. The van der Waals surface area contributed by atoms with Crippen LogP contribution < -0.4 is 21.5 Å². The SMILES string of the molecule is CNc1nc2ncc(CNc3ccc(C(=O)NC(CCC(=O)O)C(=O)O)cc3)nc2c(=O)[nH]1. The lowest BCUT2D eigenvalue weighted by molar-refractivity contribution is -0.140. The number of aromatic amines is 1. The molecule has 0 radical (unpaired) electrons. The summed E-state index contributed by atoms with van der Waals surface area (Å²) in [5.74, 6) is -2.80. The van der Waals surface area contributed by atoms with Crippen LogP contribution in [-0.4, -0.2) is 61.1 Å². The molecule has 3 aromatic rings. The molecule has 0 bridgehead atoms. The number of rotatable bonds is 10. The van der Waals surface area contributed by atoms with Gasteiger partial charge in [-0.05, 0) is 30.7 Å². The van der Waals surface area contributed by atoms with Gasteiger partial charge in [0.05, 0.1) is 18.4 Å². The highest BCUT2D eigenvalue weighted by Crippen LogP contribution is 2.12. The summed E-state index contributed by atoms with van der Waals surface area (Å²) in [5.41, 5.74) is 1.26. The van der Waals surface area contributed by atoms with Crippen molar-refractivity contribution in [3.05, 3.63) is 52.1 Å². The first kappa shape index (κ1) is 23.1. The molecule has 1 atom stereocenters. The average molecular weight is 455 g/mol. The molecule has 1 aromatic carbocycles. The van der Waals surface area contributed by atoms with Crippen LogP contribution in [0.3, 0.4) is 0 Å². The van der Waals surface area contributed by atoms with Crippen LogP contribution >= 0.6 is 0 Å². The quantitative estimate of drug-likeness (QED) is 0.247. The third-order valence-electron chi connectivity index (χ3n) is 4.58. The number of carbonyl (C=O) groups excluding carboxylic acids is 1. The van der Waals surface area contributed by atoms with E-state index in [0.717, 1.165) is 0 Å². The summed E-state index contributed by atoms with van der Waals surface area (Å²) in [7, 11) is 1.62. The first-order valence-corrected chi connectivity index (χ1v) is 9.80. The standard InChI is InChI=1S/C20H21N7O6/c1-21-20-26-16-15(18(31)27-20)24-12(9-23-16)8-22-11-4-2-10(3-5-11)17(30)25-13(19(32)33)6-7-14(28)29/h2-5,9,13,22H,6-8H2,1H3,(H,25,30)(H,28,29)(H,32,33)(H2,21,23,26,27,31). The van der Waals surface area contributed by atoms with Gasteiger partial charge in [0.15, 0.2) is 11.2 Å². The van der Waals surface area contributed by atoms with E-state index in [2.05, 4.69) is 35.9 Å². The molecule has 0 aliphatic carbocycles. The van der Waals surface area contributed by atoms with Crippen molar-refractivity contribution in [2.24, 2.45) is 0 Å². The molecule has 3 rings (SSSR count). The summed E-state index contributed by atoms with van der Waals surface area (Å²) in [6.45, 7) is 0.248. The average Bonchev–Trinajstić information content (AvgIpc) is 2.80. The highest BCUT2D eigenvalue weighted by atomic mass is 16.4. The molecule has 0 aliphatic rings. The molecule has 13 nitrogen and oxygen atoms in total. The normalized spacial score (nSPS) is 11.5. The fourth-order valence-corrected chi connectivity index (χ4v) is 2.86. The van der Waals surface area contributed by atoms with Crippen molar-refractivity contribution in [1.82, 2.24) is 25.3 Å². The van der Waals surface area contributed by atoms with Gasteiger partial charge < -0.3 is 26.2 Å². The van der Waals surface area contributed by atoms with Crippen LogP contribution in [0.25, 0.3) is 11.2 Å². The minimum atomic E-state index is -1.31. The van der Waals surface area contributed by atoms with Gasteiger partial charge in [-0.3, -0.25) is 19.4 Å². The number of H-pyrrole nitrogens is 1. The van der Waals surface area contributed by atoms with Crippen LogP contribution in [0, 0.1) is 0 Å². The molecule has 0 saturated carbocycles. The summed E-state index contributed by atoms with van der Waals surface area (Å²) in [4.78, 5) is 61.4. The Morgan fingerprint density at radius 2 is 1.85 bits per heavy atom. The minimum absolute atomic E-state index is 0.108. The van der Waals surface area contributed by atoms with Gasteiger partial charge in [0.2, 0.25) is 5.95 Å². The fraction of sp³-hybridized carbons (Fsp3) is 0.250. The summed E-state index contributed by atoms with van der Waals surface area (Å²) in [6.07, 6.45) is 0.889. The van der Waals surface area contributed by atoms with E-state index >= 15 is 0 Å². The summed E-state index contributed by atoms with van der Waals surface area (Å²) in [5, 5.41) is 26.0. The van der Waals surface area contributed by atoms with Gasteiger partial charge in [-0.15, -0.1) is 0 Å². The van der Waals surface area contributed by atoms with Crippen LogP contribution in [-0.2, 0) is 16.1 Å². The number of hydrogen-bond acceptors (Lipinski definition) is 9. The van der Waals surface area contributed by atoms with Gasteiger partial charge in [-0.25, -0.2) is 14.8 Å². The van der Waals surface area contributed by atoms with Crippen LogP contribution in [0.2, 0.25) is 0 Å². The smallest absolute Gasteiger partial charge is 0.326 e. The lowest BCUT2D eigenvalue weighted by Gasteiger charge is -2.14. The number of fused-ring (bicyclic) bond motifs is 1. The summed E-state index contributed by atoms with van der Waals surface area (Å²) < 4.78 is 0.